The van der Waals surface area contributed by atoms with Crippen LogP contribution in [0.25, 0.3) is 105 Å². The number of fused-ring (bicyclic) bond motifs is 6. The molecule has 0 spiro atoms. The lowest BCUT2D eigenvalue weighted by atomic mass is 9.99. The molecule has 0 aliphatic heterocycles. The number of hydrogen-bond acceptors (Lipinski definition) is 2. The van der Waals surface area contributed by atoms with Crippen molar-refractivity contribution in [3.8, 4) is 50.7 Å². The summed E-state index contributed by atoms with van der Waals surface area (Å²) in [6, 6.07) is 71.5. The van der Waals surface area contributed by atoms with Gasteiger partial charge in [0, 0.05) is 32.8 Å². The van der Waals surface area contributed by atoms with Crippen molar-refractivity contribution in [1.29, 1.82) is 0 Å². The van der Waals surface area contributed by atoms with Gasteiger partial charge in [-0.1, -0.05) is 158 Å². The molecule has 0 unspecified atom stereocenters. The molecule has 11 rings (SSSR count). The summed E-state index contributed by atoms with van der Waals surface area (Å²) in [6.45, 7) is 0. The first kappa shape index (κ1) is 31.2. The molecule has 0 fully saturated rings. The van der Waals surface area contributed by atoms with E-state index in [1.54, 1.807) is 0 Å². The molecule has 0 N–H and O–H groups in total. The number of hydrogen-bond donors (Lipinski definition) is 0. The van der Waals surface area contributed by atoms with Crippen LogP contribution < -0.4 is 0 Å². The van der Waals surface area contributed by atoms with Crippen molar-refractivity contribution in [2.75, 3.05) is 0 Å². The molecule has 0 amide bonds. The Morgan fingerprint density at radius 2 is 0.891 bits per heavy atom. The highest BCUT2D eigenvalue weighted by Gasteiger charge is 2.20. The van der Waals surface area contributed by atoms with Crippen molar-refractivity contribution in [3.05, 3.63) is 200 Å². The molecule has 256 valence electrons. The smallest absolute Gasteiger partial charge is 0.161 e. The van der Waals surface area contributed by atoms with E-state index in [2.05, 4.69) is 205 Å². The van der Waals surface area contributed by atoms with E-state index in [0.29, 0.717) is 5.82 Å². The van der Waals surface area contributed by atoms with E-state index in [-0.39, 0.29) is 0 Å². The molecule has 0 bridgehead atoms. The molecule has 2 aromatic heterocycles. The van der Waals surface area contributed by atoms with Gasteiger partial charge in [-0.3, -0.25) is 0 Å². The standard InChI is InChI=1S/C52H33N3/c1-2-15-36(16-3-1)41-22-12-24-50-51(41)45-21-10-11-23-48(45)55(50)49-30-29-44(42-19-8-9-20-43(42)49)52-53-46(39-27-25-34-13-4-6-17-37(34)31-39)33-47(54-52)40-28-26-35-14-5-7-18-38(35)32-40/h1-33H. The zero-order valence-electron chi connectivity index (χ0n) is 29.9. The van der Waals surface area contributed by atoms with Crippen LogP contribution in [-0.2, 0) is 0 Å². The van der Waals surface area contributed by atoms with Crippen molar-refractivity contribution in [3.63, 3.8) is 0 Å². The maximum Gasteiger partial charge on any atom is 0.161 e. The summed E-state index contributed by atoms with van der Waals surface area (Å²) in [4.78, 5) is 10.7. The van der Waals surface area contributed by atoms with Gasteiger partial charge in [-0.2, -0.15) is 0 Å². The van der Waals surface area contributed by atoms with E-state index in [0.717, 1.165) is 44.5 Å². The first-order valence-corrected chi connectivity index (χ1v) is 18.7. The van der Waals surface area contributed by atoms with E-state index < -0.39 is 0 Å². The number of para-hydroxylation sites is 1. The molecule has 0 radical (unpaired) electrons. The van der Waals surface area contributed by atoms with Gasteiger partial charge in [-0.05, 0) is 80.5 Å². The third-order valence-electron chi connectivity index (χ3n) is 11.0. The van der Waals surface area contributed by atoms with E-state index in [4.69, 9.17) is 9.97 Å². The lowest BCUT2D eigenvalue weighted by molar-refractivity contribution is 1.18. The summed E-state index contributed by atoms with van der Waals surface area (Å²) < 4.78 is 2.43. The predicted octanol–water partition coefficient (Wildman–Crippen LogP) is 13.7. The zero-order valence-corrected chi connectivity index (χ0v) is 29.9. The topological polar surface area (TPSA) is 30.7 Å². The molecule has 0 saturated heterocycles. The van der Waals surface area contributed by atoms with Crippen LogP contribution >= 0.6 is 0 Å². The largest absolute Gasteiger partial charge is 0.309 e. The Balaban J connectivity index is 1.15. The molecule has 0 aliphatic carbocycles. The van der Waals surface area contributed by atoms with Crippen LogP contribution in [-0.4, -0.2) is 14.5 Å². The van der Waals surface area contributed by atoms with Crippen molar-refractivity contribution in [2.45, 2.75) is 0 Å². The SMILES string of the molecule is c1ccc(-c2cccc3c2c2ccccc2n3-c2ccc(-c3nc(-c4ccc5ccccc5c4)cc(-c4ccc5ccccc5c4)n3)c3ccccc23)cc1. The second-order valence-electron chi connectivity index (χ2n) is 14.2. The van der Waals surface area contributed by atoms with E-state index in [9.17, 15) is 0 Å². The van der Waals surface area contributed by atoms with Gasteiger partial charge in [0.15, 0.2) is 5.82 Å². The van der Waals surface area contributed by atoms with E-state index in [1.807, 2.05) is 0 Å². The van der Waals surface area contributed by atoms with Gasteiger partial charge in [0.05, 0.1) is 28.1 Å². The van der Waals surface area contributed by atoms with Crippen LogP contribution in [0.4, 0.5) is 0 Å². The average Bonchev–Trinajstić information content (AvgIpc) is 3.60. The Morgan fingerprint density at radius 3 is 1.58 bits per heavy atom. The van der Waals surface area contributed by atoms with Gasteiger partial charge >= 0.3 is 0 Å². The summed E-state index contributed by atoms with van der Waals surface area (Å²) in [5.74, 6) is 0.699. The lowest BCUT2D eigenvalue weighted by Crippen LogP contribution is -1.99. The van der Waals surface area contributed by atoms with Gasteiger partial charge in [0.2, 0.25) is 0 Å². The first-order chi connectivity index (χ1) is 27.3. The molecule has 55 heavy (non-hydrogen) atoms. The summed E-state index contributed by atoms with van der Waals surface area (Å²) >= 11 is 0. The monoisotopic (exact) mass is 699 g/mol. The van der Waals surface area contributed by atoms with Crippen molar-refractivity contribution in [1.82, 2.24) is 14.5 Å². The molecule has 3 nitrogen and oxygen atoms in total. The number of nitrogens with zero attached hydrogens (tertiary/aromatic N) is 3. The summed E-state index contributed by atoms with van der Waals surface area (Å²) in [6.07, 6.45) is 0. The van der Waals surface area contributed by atoms with Gasteiger partial charge in [-0.25, -0.2) is 9.97 Å². The molecule has 0 atom stereocenters. The second-order valence-corrected chi connectivity index (χ2v) is 14.2. The third-order valence-corrected chi connectivity index (χ3v) is 11.0. The third kappa shape index (κ3) is 5.20. The van der Waals surface area contributed by atoms with Crippen LogP contribution in [0.3, 0.4) is 0 Å². The predicted molar refractivity (Wildman–Crippen MR) is 231 cm³/mol. The number of aromatic nitrogens is 3. The Bertz CT molecular complexity index is 3170. The zero-order chi connectivity index (χ0) is 36.3. The molecule has 2 heterocycles. The number of benzene rings is 9. The Hall–Kier alpha value is -7.36. The molecule has 0 aliphatic rings. The fourth-order valence-corrected chi connectivity index (χ4v) is 8.37. The summed E-state index contributed by atoms with van der Waals surface area (Å²) in [5, 5.41) is 9.51. The molecule has 9 aromatic carbocycles. The fraction of sp³-hybridized carbons (Fsp3) is 0. The van der Waals surface area contributed by atoms with E-state index >= 15 is 0 Å². The van der Waals surface area contributed by atoms with Gasteiger partial charge in [-0.15, -0.1) is 0 Å². The number of rotatable bonds is 5. The first-order valence-electron chi connectivity index (χ1n) is 18.7. The highest BCUT2D eigenvalue weighted by molar-refractivity contribution is 6.17. The van der Waals surface area contributed by atoms with Crippen LogP contribution in [0, 0.1) is 0 Å². The fourth-order valence-electron chi connectivity index (χ4n) is 8.37. The maximum absolute atomic E-state index is 5.34. The van der Waals surface area contributed by atoms with Gasteiger partial charge < -0.3 is 4.57 Å². The van der Waals surface area contributed by atoms with Crippen molar-refractivity contribution in [2.24, 2.45) is 0 Å². The molecule has 0 saturated carbocycles. The highest BCUT2D eigenvalue weighted by atomic mass is 15.0. The Morgan fingerprint density at radius 1 is 0.327 bits per heavy atom. The van der Waals surface area contributed by atoms with Crippen molar-refractivity contribution >= 4 is 54.1 Å². The normalized spacial score (nSPS) is 11.6. The lowest BCUT2D eigenvalue weighted by Gasteiger charge is -2.16. The highest BCUT2D eigenvalue weighted by Crippen LogP contribution is 2.41. The van der Waals surface area contributed by atoms with Crippen LogP contribution in [0.5, 0.6) is 0 Å². The minimum atomic E-state index is 0.699. The molecular weight excluding hydrogens is 667 g/mol. The average molecular weight is 700 g/mol. The Labute approximate surface area is 318 Å². The van der Waals surface area contributed by atoms with Crippen LogP contribution in [0.15, 0.2) is 200 Å². The minimum Gasteiger partial charge on any atom is -0.309 e. The van der Waals surface area contributed by atoms with Crippen molar-refractivity contribution < 1.29 is 0 Å². The molecular formula is C52H33N3. The van der Waals surface area contributed by atoms with E-state index in [1.165, 1.54) is 54.5 Å². The summed E-state index contributed by atoms with van der Waals surface area (Å²) in [7, 11) is 0. The summed E-state index contributed by atoms with van der Waals surface area (Å²) in [5.41, 5.74) is 10.8. The van der Waals surface area contributed by atoms with Crippen LogP contribution in [0.1, 0.15) is 0 Å². The van der Waals surface area contributed by atoms with Gasteiger partial charge in [0.25, 0.3) is 0 Å². The molecule has 3 heteroatoms. The van der Waals surface area contributed by atoms with Crippen LogP contribution in [0.2, 0.25) is 0 Å². The Kier molecular flexibility index (Phi) is 7.17. The van der Waals surface area contributed by atoms with Gasteiger partial charge in [0.1, 0.15) is 0 Å². The minimum absolute atomic E-state index is 0.699. The second kappa shape index (κ2) is 12.6. The maximum atomic E-state index is 5.34. The quantitative estimate of drug-likeness (QED) is 0.179. The molecule has 11 aromatic rings.